The predicted octanol–water partition coefficient (Wildman–Crippen LogP) is 4.05. The van der Waals surface area contributed by atoms with E-state index in [2.05, 4.69) is 5.32 Å². The molecular formula is C20H22N2O4S. The SMILES string of the molecule is CCOC(=O)c1sc(NC(=O)COc2c(C)ccc(C)c2C)c(C#N)c1C. The topological polar surface area (TPSA) is 88.4 Å². The number of amides is 1. The second-order valence-electron chi connectivity index (χ2n) is 6.08. The van der Waals surface area contributed by atoms with Crippen LogP contribution >= 0.6 is 11.3 Å². The first-order valence-corrected chi connectivity index (χ1v) is 9.31. The van der Waals surface area contributed by atoms with Crippen LogP contribution in [0.15, 0.2) is 12.1 Å². The van der Waals surface area contributed by atoms with Crippen LogP contribution in [0.2, 0.25) is 0 Å². The Bertz CT molecular complexity index is 925. The van der Waals surface area contributed by atoms with Gasteiger partial charge in [-0.2, -0.15) is 5.26 Å². The zero-order chi connectivity index (χ0) is 20.1. The molecule has 0 spiro atoms. The average molecular weight is 386 g/mol. The lowest BCUT2D eigenvalue weighted by Gasteiger charge is -2.13. The molecule has 0 aliphatic rings. The Morgan fingerprint density at radius 3 is 2.44 bits per heavy atom. The predicted molar refractivity (Wildman–Crippen MR) is 105 cm³/mol. The van der Waals surface area contributed by atoms with Crippen LogP contribution in [0.3, 0.4) is 0 Å². The summed E-state index contributed by atoms with van der Waals surface area (Å²) in [4.78, 5) is 24.6. The van der Waals surface area contributed by atoms with Gasteiger partial charge in [-0.15, -0.1) is 11.3 Å². The van der Waals surface area contributed by atoms with Crippen LogP contribution in [-0.4, -0.2) is 25.1 Å². The first-order valence-electron chi connectivity index (χ1n) is 8.50. The monoisotopic (exact) mass is 386 g/mol. The minimum Gasteiger partial charge on any atom is -0.483 e. The van der Waals surface area contributed by atoms with Crippen LogP contribution in [-0.2, 0) is 9.53 Å². The fraction of sp³-hybridized carbons (Fsp3) is 0.350. The van der Waals surface area contributed by atoms with Crippen LogP contribution in [0, 0.1) is 39.0 Å². The van der Waals surface area contributed by atoms with E-state index in [9.17, 15) is 14.9 Å². The van der Waals surface area contributed by atoms with Crippen molar-refractivity contribution in [1.29, 1.82) is 5.26 Å². The Labute approximate surface area is 162 Å². The smallest absolute Gasteiger partial charge is 0.348 e. The van der Waals surface area contributed by atoms with Gasteiger partial charge in [0.25, 0.3) is 5.91 Å². The number of carbonyl (C=O) groups excluding carboxylic acids is 2. The van der Waals surface area contributed by atoms with Gasteiger partial charge in [0.1, 0.15) is 21.7 Å². The van der Waals surface area contributed by atoms with E-state index in [1.54, 1.807) is 13.8 Å². The van der Waals surface area contributed by atoms with Crippen molar-refractivity contribution in [1.82, 2.24) is 0 Å². The quantitative estimate of drug-likeness (QED) is 0.757. The maximum atomic E-state index is 12.3. The van der Waals surface area contributed by atoms with E-state index in [-0.39, 0.29) is 18.8 Å². The summed E-state index contributed by atoms with van der Waals surface area (Å²) >= 11 is 1.03. The summed E-state index contributed by atoms with van der Waals surface area (Å²) < 4.78 is 10.7. The molecule has 0 bridgehead atoms. The van der Waals surface area contributed by atoms with E-state index in [1.807, 2.05) is 39.0 Å². The number of hydrogen-bond acceptors (Lipinski definition) is 6. The number of anilines is 1. The van der Waals surface area contributed by atoms with Gasteiger partial charge in [0.2, 0.25) is 0 Å². The zero-order valence-electron chi connectivity index (χ0n) is 16.1. The number of hydrogen-bond donors (Lipinski definition) is 1. The molecule has 2 rings (SSSR count). The molecule has 0 saturated heterocycles. The highest BCUT2D eigenvalue weighted by atomic mass is 32.1. The number of nitrogens with zero attached hydrogens (tertiary/aromatic N) is 1. The molecule has 27 heavy (non-hydrogen) atoms. The number of ether oxygens (including phenoxy) is 2. The Hall–Kier alpha value is -2.85. The molecule has 0 aliphatic heterocycles. The largest absolute Gasteiger partial charge is 0.483 e. The molecule has 2 aromatic rings. The van der Waals surface area contributed by atoms with E-state index in [1.165, 1.54) is 0 Å². The normalized spacial score (nSPS) is 10.2. The standard InChI is InChI=1S/C20H22N2O4S/c1-6-25-20(24)18-14(5)15(9-21)19(27-18)22-16(23)10-26-17-12(3)8-7-11(2)13(17)4/h7-8H,6,10H2,1-5H3,(H,22,23). The molecule has 1 N–H and O–H groups in total. The maximum absolute atomic E-state index is 12.3. The lowest BCUT2D eigenvalue weighted by molar-refractivity contribution is -0.118. The van der Waals surface area contributed by atoms with Crippen LogP contribution in [0.5, 0.6) is 5.75 Å². The van der Waals surface area contributed by atoms with Gasteiger partial charge in [0, 0.05) is 0 Å². The van der Waals surface area contributed by atoms with Crippen molar-refractivity contribution in [2.45, 2.75) is 34.6 Å². The van der Waals surface area contributed by atoms with E-state index in [0.29, 0.717) is 21.2 Å². The van der Waals surface area contributed by atoms with Crippen molar-refractivity contribution in [3.05, 3.63) is 44.8 Å². The number of benzene rings is 1. The van der Waals surface area contributed by atoms with Gasteiger partial charge in [-0.05, 0) is 56.9 Å². The highest BCUT2D eigenvalue weighted by Crippen LogP contribution is 2.33. The summed E-state index contributed by atoms with van der Waals surface area (Å²) in [5.41, 5.74) is 3.77. The van der Waals surface area contributed by atoms with Crippen LogP contribution in [0.25, 0.3) is 0 Å². The lowest BCUT2D eigenvalue weighted by Crippen LogP contribution is -2.20. The molecule has 0 radical (unpaired) electrons. The van der Waals surface area contributed by atoms with Gasteiger partial charge in [-0.3, -0.25) is 4.79 Å². The Morgan fingerprint density at radius 1 is 1.15 bits per heavy atom. The van der Waals surface area contributed by atoms with Crippen molar-refractivity contribution in [3.63, 3.8) is 0 Å². The first-order chi connectivity index (χ1) is 12.8. The third-order valence-electron chi connectivity index (χ3n) is 4.19. The molecule has 1 aromatic heterocycles. The minimum absolute atomic E-state index is 0.193. The Kier molecular flexibility index (Phi) is 6.59. The molecule has 0 saturated carbocycles. The van der Waals surface area contributed by atoms with E-state index in [0.717, 1.165) is 28.0 Å². The van der Waals surface area contributed by atoms with Gasteiger partial charge in [-0.1, -0.05) is 12.1 Å². The molecule has 7 heteroatoms. The zero-order valence-corrected chi connectivity index (χ0v) is 16.9. The summed E-state index contributed by atoms with van der Waals surface area (Å²) in [5, 5.41) is 12.4. The van der Waals surface area contributed by atoms with Crippen molar-refractivity contribution in [3.8, 4) is 11.8 Å². The number of thiophene rings is 1. The van der Waals surface area contributed by atoms with Gasteiger partial charge >= 0.3 is 5.97 Å². The third-order valence-corrected chi connectivity index (χ3v) is 5.38. The van der Waals surface area contributed by atoms with Crippen molar-refractivity contribution < 1.29 is 19.1 Å². The summed E-state index contributed by atoms with van der Waals surface area (Å²) in [6.07, 6.45) is 0. The van der Waals surface area contributed by atoms with Crippen molar-refractivity contribution in [2.24, 2.45) is 0 Å². The van der Waals surface area contributed by atoms with E-state index in [4.69, 9.17) is 9.47 Å². The maximum Gasteiger partial charge on any atom is 0.348 e. The highest BCUT2D eigenvalue weighted by Gasteiger charge is 2.22. The molecule has 0 unspecified atom stereocenters. The molecule has 0 aliphatic carbocycles. The van der Waals surface area contributed by atoms with Gasteiger partial charge in [-0.25, -0.2) is 4.79 Å². The summed E-state index contributed by atoms with van der Waals surface area (Å²) in [7, 11) is 0. The fourth-order valence-electron chi connectivity index (χ4n) is 2.58. The van der Waals surface area contributed by atoms with Gasteiger partial charge in [0.05, 0.1) is 12.2 Å². The second-order valence-corrected chi connectivity index (χ2v) is 7.10. The number of carbonyl (C=O) groups is 2. The molecule has 6 nitrogen and oxygen atoms in total. The van der Waals surface area contributed by atoms with Gasteiger partial charge < -0.3 is 14.8 Å². The van der Waals surface area contributed by atoms with E-state index >= 15 is 0 Å². The van der Waals surface area contributed by atoms with Crippen molar-refractivity contribution in [2.75, 3.05) is 18.5 Å². The first kappa shape index (κ1) is 20.5. The summed E-state index contributed by atoms with van der Waals surface area (Å²) in [5.74, 6) is -0.219. The number of esters is 1. The molecule has 142 valence electrons. The summed E-state index contributed by atoms with van der Waals surface area (Å²) in [6, 6.07) is 5.98. The minimum atomic E-state index is -0.501. The second kappa shape index (κ2) is 8.69. The van der Waals surface area contributed by atoms with Crippen LogP contribution in [0.4, 0.5) is 5.00 Å². The van der Waals surface area contributed by atoms with Crippen molar-refractivity contribution >= 4 is 28.2 Å². The molecule has 1 amide bonds. The number of nitrogens with one attached hydrogen (secondary N) is 1. The number of nitriles is 1. The van der Waals surface area contributed by atoms with Crippen LogP contribution in [0.1, 0.15) is 44.4 Å². The van der Waals surface area contributed by atoms with E-state index < -0.39 is 11.9 Å². The van der Waals surface area contributed by atoms with Crippen LogP contribution < -0.4 is 10.1 Å². The number of aryl methyl sites for hydroxylation is 2. The molecule has 0 atom stereocenters. The lowest BCUT2D eigenvalue weighted by atomic mass is 10.1. The highest BCUT2D eigenvalue weighted by molar-refractivity contribution is 7.18. The molecule has 1 heterocycles. The average Bonchev–Trinajstić information content (AvgIpc) is 2.93. The molecule has 0 fully saturated rings. The molecular weight excluding hydrogens is 364 g/mol. The Balaban J connectivity index is 2.15. The molecule has 1 aromatic carbocycles. The Morgan fingerprint density at radius 2 is 1.81 bits per heavy atom. The van der Waals surface area contributed by atoms with Gasteiger partial charge in [0.15, 0.2) is 6.61 Å². The number of rotatable bonds is 6. The fourth-order valence-corrected chi connectivity index (χ4v) is 3.64. The third kappa shape index (κ3) is 4.47. The summed E-state index contributed by atoms with van der Waals surface area (Å²) in [6.45, 7) is 9.25.